The molecule has 2 heterocycles. The van der Waals surface area contributed by atoms with Crippen LogP contribution in [0, 0.1) is 0 Å². The highest BCUT2D eigenvalue weighted by atomic mass is 35.5. The molecule has 4 aromatic rings. The summed E-state index contributed by atoms with van der Waals surface area (Å²) in [5, 5.41) is 16.4. The van der Waals surface area contributed by atoms with E-state index < -0.39 is 5.97 Å². The second-order valence-corrected chi connectivity index (χ2v) is 9.48. The van der Waals surface area contributed by atoms with Crippen molar-refractivity contribution in [3.63, 3.8) is 0 Å². The molecular weight excluding hydrogens is 504 g/mol. The third-order valence-corrected chi connectivity index (χ3v) is 6.65. The maximum Gasteiger partial charge on any atom is 0.317 e. The Balaban J connectivity index is 1.37. The third kappa shape index (κ3) is 6.45. The minimum absolute atomic E-state index is 0.0531. The summed E-state index contributed by atoms with van der Waals surface area (Å²) in [6.45, 7) is 3.51. The third-order valence-electron chi connectivity index (χ3n) is 6.36. The molecule has 0 radical (unpaired) electrons. The monoisotopic (exact) mass is 532 g/mol. The van der Waals surface area contributed by atoms with E-state index in [9.17, 15) is 4.79 Å². The van der Waals surface area contributed by atoms with E-state index in [-0.39, 0.29) is 6.54 Å². The number of carbonyl (C=O) groups is 1. The van der Waals surface area contributed by atoms with Crippen LogP contribution < -0.4 is 14.5 Å². The SMILES string of the molecule is O=C(O)CN1CCN(n2ccc(-c3cc(Cl)c(OCc4ccccc4)cc3OCc3ccccc3)n2)CC1. The summed E-state index contributed by atoms with van der Waals surface area (Å²) in [6.07, 6.45) is 1.90. The van der Waals surface area contributed by atoms with Gasteiger partial charge in [-0.05, 0) is 23.3 Å². The Labute approximate surface area is 226 Å². The van der Waals surface area contributed by atoms with Gasteiger partial charge in [-0.3, -0.25) is 14.7 Å². The fourth-order valence-electron chi connectivity index (χ4n) is 4.34. The Bertz CT molecular complexity index is 1360. The lowest BCUT2D eigenvalue weighted by Crippen LogP contribution is -2.52. The van der Waals surface area contributed by atoms with Gasteiger partial charge in [-0.2, -0.15) is 9.89 Å². The summed E-state index contributed by atoms with van der Waals surface area (Å²) in [4.78, 5) is 14.7. The van der Waals surface area contributed by atoms with Gasteiger partial charge < -0.3 is 14.6 Å². The summed E-state index contributed by atoms with van der Waals surface area (Å²) < 4.78 is 12.3. The first kappa shape index (κ1) is 25.6. The molecule has 0 unspecified atom stereocenters. The number of carboxylic acid groups (broad SMARTS) is 1. The first-order valence-electron chi connectivity index (χ1n) is 12.5. The van der Waals surface area contributed by atoms with Crippen molar-refractivity contribution in [3.05, 3.63) is 101 Å². The average Bonchev–Trinajstić information content (AvgIpc) is 3.43. The van der Waals surface area contributed by atoms with Crippen LogP contribution in [0.3, 0.4) is 0 Å². The number of halogens is 1. The lowest BCUT2D eigenvalue weighted by molar-refractivity contribution is -0.138. The van der Waals surface area contributed by atoms with Crippen LogP contribution >= 0.6 is 11.6 Å². The lowest BCUT2D eigenvalue weighted by atomic mass is 10.1. The zero-order valence-corrected chi connectivity index (χ0v) is 21.6. The van der Waals surface area contributed by atoms with Gasteiger partial charge in [0.1, 0.15) is 24.7 Å². The predicted octanol–water partition coefficient (Wildman–Crippen LogP) is 4.70. The van der Waals surface area contributed by atoms with Gasteiger partial charge in [0.2, 0.25) is 0 Å². The lowest BCUT2D eigenvalue weighted by Gasteiger charge is -2.34. The second kappa shape index (κ2) is 12.0. The molecule has 0 amide bonds. The Morgan fingerprint density at radius 3 is 2.05 bits per heavy atom. The maximum absolute atomic E-state index is 11.0. The molecule has 1 aliphatic rings. The topological polar surface area (TPSA) is 80.1 Å². The van der Waals surface area contributed by atoms with Crippen molar-refractivity contribution in [2.45, 2.75) is 13.2 Å². The van der Waals surface area contributed by atoms with Crippen LogP contribution in [0.1, 0.15) is 11.1 Å². The number of benzene rings is 3. The zero-order valence-electron chi connectivity index (χ0n) is 20.9. The summed E-state index contributed by atoms with van der Waals surface area (Å²) in [7, 11) is 0. The molecule has 9 heteroatoms. The maximum atomic E-state index is 11.0. The van der Waals surface area contributed by atoms with E-state index in [1.165, 1.54) is 0 Å². The highest BCUT2D eigenvalue weighted by Crippen LogP contribution is 2.39. The number of hydrogen-bond acceptors (Lipinski definition) is 6. The molecule has 0 bridgehead atoms. The van der Waals surface area contributed by atoms with Crippen molar-refractivity contribution in [2.24, 2.45) is 0 Å². The van der Waals surface area contributed by atoms with Crippen LogP contribution in [0.4, 0.5) is 0 Å². The standard InChI is InChI=1S/C29H29ClN4O4/c30-25-17-24(26-11-12-34(31-26)33-15-13-32(14-16-33)19-29(35)36)27(37-20-22-7-3-1-4-8-22)18-28(25)38-21-23-9-5-2-6-10-23/h1-12,17-18H,13-16,19-21H2,(H,35,36). The van der Waals surface area contributed by atoms with Crippen LogP contribution in [0.25, 0.3) is 11.3 Å². The van der Waals surface area contributed by atoms with E-state index in [2.05, 4.69) is 5.01 Å². The van der Waals surface area contributed by atoms with Crippen molar-refractivity contribution in [3.8, 4) is 22.8 Å². The summed E-state index contributed by atoms with van der Waals surface area (Å²) >= 11 is 6.67. The van der Waals surface area contributed by atoms with Crippen molar-refractivity contribution >= 4 is 17.6 Å². The fourth-order valence-corrected chi connectivity index (χ4v) is 4.56. The second-order valence-electron chi connectivity index (χ2n) is 9.07. The van der Waals surface area contributed by atoms with E-state index in [4.69, 9.17) is 31.3 Å². The van der Waals surface area contributed by atoms with E-state index in [1.54, 1.807) is 0 Å². The summed E-state index contributed by atoms with van der Waals surface area (Å²) in [5.74, 6) is 0.352. The van der Waals surface area contributed by atoms with E-state index in [0.717, 1.165) is 22.4 Å². The number of aromatic nitrogens is 2. The molecule has 1 fully saturated rings. The highest BCUT2D eigenvalue weighted by Gasteiger charge is 2.21. The Morgan fingerprint density at radius 1 is 0.842 bits per heavy atom. The van der Waals surface area contributed by atoms with Gasteiger partial charge in [0, 0.05) is 44.0 Å². The number of hydrogen-bond donors (Lipinski definition) is 1. The molecule has 0 aliphatic carbocycles. The molecule has 38 heavy (non-hydrogen) atoms. The smallest absolute Gasteiger partial charge is 0.317 e. The van der Waals surface area contributed by atoms with Gasteiger partial charge in [0.15, 0.2) is 0 Å². The predicted molar refractivity (Wildman–Crippen MR) is 146 cm³/mol. The molecule has 0 spiro atoms. The van der Waals surface area contributed by atoms with Gasteiger partial charge in [-0.1, -0.05) is 72.3 Å². The molecule has 196 valence electrons. The van der Waals surface area contributed by atoms with Gasteiger partial charge in [-0.25, -0.2) is 0 Å². The van der Waals surface area contributed by atoms with Gasteiger partial charge >= 0.3 is 5.97 Å². The molecule has 1 N–H and O–H groups in total. The summed E-state index contributed by atoms with van der Waals surface area (Å²) in [6, 6.07) is 25.5. The molecule has 1 aromatic heterocycles. The van der Waals surface area contributed by atoms with E-state index in [0.29, 0.717) is 55.9 Å². The van der Waals surface area contributed by atoms with Crippen LogP contribution in [0.15, 0.2) is 85.1 Å². The van der Waals surface area contributed by atoms with Crippen molar-refractivity contribution in [1.29, 1.82) is 0 Å². The highest BCUT2D eigenvalue weighted by molar-refractivity contribution is 6.32. The van der Waals surface area contributed by atoms with E-state index >= 15 is 0 Å². The molecule has 5 rings (SSSR count). The number of piperazine rings is 1. The molecule has 1 aliphatic heterocycles. The first-order valence-corrected chi connectivity index (χ1v) is 12.9. The van der Waals surface area contributed by atoms with Crippen molar-refractivity contribution in [1.82, 2.24) is 14.8 Å². The Morgan fingerprint density at radius 2 is 1.45 bits per heavy atom. The average molecular weight is 533 g/mol. The fraction of sp³-hybridized carbons (Fsp3) is 0.241. The van der Waals surface area contributed by atoms with Crippen molar-refractivity contribution in [2.75, 3.05) is 37.7 Å². The number of ether oxygens (including phenoxy) is 2. The number of rotatable bonds is 10. The summed E-state index contributed by atoms with van der Waals surface area (Å²) in [5.41, 5.74) is 3.57. The van der Waals surface area contributed by atoms with Crippen LogP contribution in [-0.2, 0) is 18.0 Å². The quantitative estimate of drug-likeness (QED) is 0.317. The molecule has 3 aromatic carbocycles. The Kier molecular flexibility index (Phi) is 8.11. The largest absolute Gasteiger partial charge is 0.488 e. The van der Waals surface area contributed by atoms with Crippen LogP contribution in [0.2, 0.25) is 5.02 Å². The van der Waals surface area contributed by atoms with Crippen molar-refractivity contribution < 1.29 is 19.4 Å². The first-order chi connectivity index (χ1) is 18.5. The molecule has 0 atom stereocenters. The molecule has 1 saturated heterocycles. The minimum atomic E-state index is -0.809. The van der Waals surface area contributed by atoms with Gasteiger partial charge in [0.05, 0.1) is 17.3 Å². The van der Waals surface area contributed by atoms with E-state index in [1.807, 2.05) is 94.8 Å². The zero-order chi connectivity index (χ0) is 26.3. The van der Waals surface area contributed by atoms with Crippen LogP contribution in [-0.4, -0.2) is 58.6 Å². The number of carboxylic acids is 1. The van der Waals surface area contributed by atoms with Crippen LogP contribution in [0.5, 0.6) is 11.5 Å². The molecular formula is C29H29ClN4O4. The Hall–Kier alpha value is -4.01. The van der Waals surface area contributed by atoms with Gasteiger partial charge in [0.25, 0.3) is 0 Å². The minimum Gasteiger partial charge on any atom is -0.488 e. The van der Waals surface area contributed by atoms with Gasteiger partial charge in [-0.15, -0.1) is 0 Å². The number of nitrogens with zero attached hydrogens (tertiary/aromatic N) is 4. The normalized spacial score (nSPS) is 13.9. The molecule has 8 nitrogen and oxygen atoms in total. The molecule has 0 saturated carbocycles. The number of aliphatic carboxylic acids is 1.